The average molecular weight is 276 g/mol. The Kier molecular flexibility index (Phi) is 7.02. The number of halogens is 1. The van der Waals surface area contributed by atoms with Gasteiger partial charge >= 0.3 is 0 Å². The lowest BCUT2D eigenvalue weighted by atomic mass is 10.0. The second-order valence-corrected chi connectivity index (χ2v) is 4.84. The highest BCUT2D eigenvalue weighted by Crippen LogP contribution is 2.29. The van der Waals surface area contributed by atoms with Crippen LogP contribution in [0.3, 0.4) is 0 Å². The van der Waals surface area contributed by atoms with Crippen LogP contribution in [0.4, 0.5) is 10.1 Å². The zero-order chi connectivity index (χ0) is 15.0. The van der Waals surface area contributed by atoms with E-state index in [0.29, 0.717) is 18.8 Å². The molecule has 0 spiro atoms. The smallest absolute Gasteiger partial charge is 0.146 e. The Labute approximate surface area is 122 Å². The summed E-state index contributed by atoms with van der Waals surface area (Å²) in [6, 6.07) is 5.35. The Bertz CT molecular complexity index is 433. The monoisotopic (exact) mass is 276 g/mol. The maximum Gasteiger partial charge on any atom is 0.146 e. The first-order valence-electron chi connectivity index (χ1n) is 7.14. The van der Waals surface area contributed by atoms with Crippen molar-refractivity contribution in [1.82, 2.24) is 5.32 Å². The van der Waals surface area contributed by atoms with Crippen LogP contribution >= 0.6 is 0 Å². The first-order chi connectivity index (χ1) is 9.65. The van der Waals surface area contributed by atoms with Crippen LogP contribution in [0.1, 0.15) is 31.9 Å². The lowest BCUT2D eigenvalue weighted by Crippen LogP contribution is -2.28. The maximum absolute atomic E-state index is 14.3. The molecular formula is C17H25FN2. The van der Waals surface area contributed by atoms with Gasteiger partial charge in [0.2, 0.25) is 0 Å². The molecule has 1 atom stereocenters. The van der Waals surface area contributed by atoms with Crippen LogP contribution in [-0.2, 0) is 0 Å². The molecule has 0 radical (unpaired) electrons. The number of nitrogens with one attached hydrogen (secondary N) is 1. The molecule has 0 saturated heterocycles. The largest absolute Gasteiger partial charge is 0.361 e. The van der Waals surface area contributed by atoms with Crippen LogP contribution < -0.4 is 10.2 Å². The molecule has 0 fully saturated rings. The molecule has 0 aliphatic heterocycles. The third-order valence-electron chi connectivity index (χ3n) is 3.20. The number of hydrogen-bond donors (Lipinski definition) is 1. The fourth-order valence-electron chi connectivity index (χ4n) is 2.25. The van der Waals surface area contributed by atoms with E-state index in [2.05, 4.69) is 32.3 Å². The molecule has 0 aliphatic rings. The second kappa shape index (κ2) is 8.54. The molecule has 0 aromatic heterocycles. The highest BCUT2D eigenvalue weighted by atomic mass is 19.1. The van der Waals surface area contributed by atoms with Crippen molar-refractivity contribution in [3.8, 4) is 0 Å². The molecular weight excluding hydrogens is 251 g/mol. The Morgan fingerprint density at radius 2 is 1.95 bits per heavy atom. The minimum Gasteiger partial charge on any atom is -0.361 e. The third kappa shape index (κ3) is 4.20. The van der Waals surface area contributed by atoms with Gasteiger partial charge in [-0.1, -0.05) is 31.2 Å². The number of para-hydroxylation sites is 1. The maximum atomic E-state index is 14.3. The first kappa shape index (κ1) is 16.4. The average Bonchev–Trinajstić information content (AvgIpc) is 2.44. The van der Waals surface area contributed by atoms with Gasteiger partial charge in [0.05, 0.1) is 5.69 Å². The van der Waals surface area contributed by atoms with Gasteiger partial charge in [-0.15, -0.1) is 13.2 Å². The first-order valence-corrected chi connectivity index (χ1v) is 7.14. The second-order valence-electron chi connectivity index (χ2n) is 4.84. The molecule has 1 unspecified atom stereocenters. The molecule has 0 amide bonds. The van der Waals surface area contributed by atoms with Crippen LogP contribution in [0.15, 0.2) is 43.5 Å². The van der Waals surface area contributed by atoms with Crippen molar-refractivity contribution in [1.29, 1.82) is 0 Å². The lowest BCUT2D eigenvalue weighted by molar-refractivity contribution is 0.560. The summed E-state index contributed by atoms with van der Waals surface area (Å²) in [6.07, 6.45) is 4.62. The van der Waals surface area contributed by atoms with Crippen molar-refractivity contribution in [3.05, 3.63) is 54.9 Å². The van der Waals surface area contributed by atoms with Crippen LogP contribution in [-0.4, -0.2) is 19.6 Å². The van der Waals surface area contributed by atoms with Gasteiger partial charge in [0.15, 0.2) is 0 Å². The topological polar surface area (TPSA) is 15.3 Å². The van der Waals surface area contributed by atoms with Crippen molar-refractivity contribution in [2.24, 2.45) is 0 Å². The van der Waals surface area contributed by atoms with Gasteiger partial charge in [0, 0.05) is 19.1 Å². The predicted molar refractivity (Wildman–Crippen MR) is 85.7 cm³/mol. The van der Waals surface area contributed by atoms with Gasteiger partial charge in [0.1, 0.15) is 5.82 Å². The van der Waals surface area contributed by atoms with E-state index in [9.17, 15) is 4.39 Å². The van der Waals surface area contributed by atoms with Crippen LogP contribution in [0, 0.1) is 5.82 Å². The number of hydrogen-bond acceptors (Lipinski definition) is 2. The number of anilines is 1. The third-order valence-corrected chi connectivity index (χ3v) is 3.20. The fraction of sp³-hybridized carbons (Fsp3) is 0.412. The summed E-state index contributed by atoms with van der Waals surface area (Å²) >= 11 is 0. The molecule has 0 bridgehead atoms. The van der Waals surface area contributed by atoms with E-state index in [-0.39, 0.29) is 11.9 Å². The zero-order valence-electron chi connectivity index (χ0n) is 12.5. The molecule has 0 aliphatic carbocycles. The van der Waals surface area contributed by atoms with E-state index in [1.165, 1.54) is 6.07 Å². The van der Waals surface area contributed by atoms with Crippen molar-refractivity contribution in [2.75, 3.05) is 24.5 Å². The minimum absolute atomic E-state index is 0.109. The van der Waals surface area contributed by atoms with E-state index in [1.54, 1.807) is 18.2 Å². The van der Waals surface area contributed by atoms with Gasteiger partial charge in [-0.2, -0.15) is 0 Å². The number of rotatable bonds is 9. The summed E-state index contributed by atoms with van der Waals surface area (Å²) in [5.74, 6) is -0.198. The molecule has 1 aromatic carbocycles. The molecule has 110 valence electrons. The van der Waals surface area contributed by atoms with Crippen molar-refractivity contribution in [2.45, 2.75) is 26.3 Å². The summed E-state index contributed by atoms with van der Waals surface area (Å²) in [6.45, 7) is 13.8. The summed E-state index contributed by atoms with van der Waals surface area (Å²) in [5, 5.41) is 3.41. The fourth-order valence-corrected chi connectivity index (χ4v) is 2.25. The van der Waals surface area contributed by atoms with E-state index in [0.717, 1.165) is 18.5 Å². The Balaban J connectivity index is 3.13. The standard InChI is InChI=1S/C17H25FN2/c1-5-11-19-14(4)15-9-8-10-16(18)17(15)20(12-6-2)13-7-3/h6-10,14,19H,2-3,5,11-13H2,1,4H3. The van der Waals surface area contributed by atoms with Crippen molar-refractivity contribution >= 4 is 5.69 Å². The molecule has 1 aromatic rings. The van der Waals surface area contributed by atoms with Crippen molar-refractivity contribution < 1.29 is 4.39 Å². The summed E-state index contributed by atoms with van der Waals surface area (Å²) in [4.78, 5) is 1.95. The zero-order valence-corrected chi connectivity index (χ0v) is 12.5. The van der Waals surface area contributed by atoms with Crippen LogP contribution in [0.25, 0.3) is 0 Å². The van der Waals surface area contributed by atoms with Crippen LogP contribution in [0.5, 0.6) is 0 Å². The van der Waals surface area contributed by atoms with Gasteiger partial charge in [-0.25, -0.2) is 4.39 Å². The Morgan fingerprint density at radius 3 is 2.50 bits per heavy atom. The van der Waals surface area contributed by atoms with E-state index in [4.69, 9.17) is 0 Å². The SMILES string of the molecule is C=CCN(CC=C)c1c(F)cccc1C(C)NCCC. The van der Waals surface area contributed by atoms with Gasteiger partial charge in [0.25, 0.3) is 0 Å². The molecule has 0 heterocycles. The normalized spacial score (nSPS) is 11.9. The predicted octanol–water partition coefficient (Wildman–Crippen LogP) is 4.06. The summed E-state index contributed by atoms with van der Waals surface area (Å²) in [7, 11) is 0. The van der Waals surface area contributed by atoms with Crippen LogP contribution in [0.2, 0.25) is 0 Å². The molecule has 2 nitrogen and oxygen atoms in total. The van der Waals surface area contributed by atoms with E-state index in [1.807, 2.05) is 11.0 Å². The molecule has 3 heteroatoms. The summed E-state index contributed by atoms with van der Waals surface area (Å²) < 4.78 is 14.3. The Hall–Kier alpha value is -1.61. The summed E-state index contributed by atoms with van der Waals surface area (Å²) in [5.41, 5.74) is 1.62. The van der Waals surface area contributed by atoms with Crippen molar-refractivity contribution in [3.63, 3.8) is 0 Å². The van der Waals surface area contributed by atoms with E-state index >= 15 is 0 Å². The highest BCUT2D eigenvalue weighted by Gasteiger charge is 2.18. The van der Waals surface area contributed by atoms with Gasteiger partial charge < -0.3 is 10.2 Å². The minimum atomic E-state index is -0.198. The van der Waals surface area contributed by atoms with E-state index < -0.39 is 0 Å². The Morgan fingerprint density at radius 1 is 1.30 bits per heavy atom. The molecule has 0 saturated carbocycles. The number of benzene rings is 1. The van der Waals surface area contributed by atoms with Gasteiger partial charge in [-0.3, -0.25) is 0 Å². The quantitative estimate of drug-likeness (QED) is 0.684. The molecule has 20 heavy (non-hydrogen) atoms. The highest BCUT2D eigenvalue weighted by molar-refractivity contribution is 5.57. The number of nitrogens with zero attached hydrogens (tertiary/aromatic N) is 1. The van der Waals surface area contributed by atoms with Gasteiger partial charge in [-0.05, 0) is 31.5 Å². The lowest BCUT2D eigenvalue weighted by Gasteiger charge is -2.27. The molecule has 1 N–H and O–H groups in total. The molecule has 1 rings (SSSR count).